The molecule has 1 amide bonds. The molecule has 0 aliphatic heterocycles. The predicted octanol–water partition coefficient (Wildman–Crippen LogP) is 0.780. The lowest BCUT2D eigenvalue weighted by Gasteiger charge is -2.24. The van der Waals surface area contributed by atoms with Crippen molar-refractivity contribution in [2.75, 3.05) is 0 Å². The molecule has 2 nitrogen and oxygen atoms in total. The molecule has 1 atom stereocenters. The molecule has 0 spiro atoms. The molecular weight excluding hydrogens is 126 g/mol. The van der Waals surface area contributed by atoms with Crippen LogP contribution < -0.4 is 5.32 Å². The van der Waals surface area contributed by atoms with Gasteiger partial charge in [-0.25, -0.2) is 0 Å². The molecule has 0 aromatic carbocycles. The Hall–Kier alpha value is -0.970. The number of rotatable bonds is 3. The Morgan fingerprint density at radius 1 is 1.70 bits per heavy atom. The van der Waals surface area contributed by atoms with E-state index in [1.54, 1.807) is 0 Å². The number of terminal acetylenes is 1. The molecule has 0 saturated carbocycles. The summed E-state index contributed by atoms with van der Waals surface area (Å²) < 4.78 is 0. The zero-order valence-electron chi connectivity index (χ0n) is 6.64. The largest absolute Gasteiger partial charge is 0.355 e. The summed E-state index contributed by atoms with van der Waals surface area (Å²) in [6, 6.07) is 0.0231. The van der Waals surface area contributed by atoms with Crippen LogP contribution in [0.3, 0.4) is 0 Å². The monoisotopic (exact) mass is 139 g/mol. The van der Waals surface area contributed by atoms with Crippen LogP contribution >= 0.6 is 0 Å². The van der Waals surface area contributed by atoms with Crippen LogP contribution in [0.25, 0.3) is 0 Å². The zero-order chi connectivity index (χ0) is 8.20. The minimum atomic E-state index is -0.263. The van der Waals surface area contributed by atoms with Crippen LogP contribution in [0.1, 0.15) is 20.8 Å². The predicted molar refractivity (Wildman–Crippen MR) is 41.3 cm³/mol. The van der Waals surface area contributed by atoms with Crippen LogP contribution in [0.4, 0.5) is 0 Å². The lowest BCUT2D eigenvalue weighted by molar-refractivity contribution is -0.110. The van der Waals surface area contributed by atoms with Crippen LogP contribution in [0.15, 0.2) is 0 Å². The summed E-state index contributed by atoms with van der Waals surface area (Å²) in [6.07, 6.45) is 5.90. The standard InChI is InChI=1S/C8H13NO/c1-5-8(3,4)7(2)9-6-10/h1,6-7H,2-4H3,(H,9,10). The molecule has 1 N–H and O–H groups in total. The molecule has 2 heteroatoms. The highest BCUT2D eigenvalue weighted by molar-refractivity contribution is 5.47. The number of hydrogen-bond donors (Lipinski definition) is 1. The van der Waals surface area contributed by atoms with Crippen molar-refractivity contribution >= 4 is 6.41 Å². The highest BCUT2D eigenvalue weighted by Gasteiger charge is 2.21. The van der Waals surface area contributed by atoms with Crippen LogP contribution in [-0.2, 0) is 4.79 Å². The fourth-order valence-corrected chi connectivity index (χ4v) is 0.435. The number of amides is 1. The molecule has 0 aliphatic carbocycles. The summed E-state index contributed by atoms with van der Waals surface area (Å²) in [5.74, 6) is 2.60. The van der Waals surface area contributed by atoms with Gasteiger partial charge >= 0.3 is 0 Å². The van der Waals surface area contributed by atoms with E-state index in [9.17, 15) is 4.79 Å². The highest BCUT2D eigenvalue weighted by atomic mass is 16.1. The van der Waals surface area contributed by atoms with Gasteiger partial charge in [0.15, 0.2) is 0 Å². The SMILES string of the molecule is C#CC(C)(C)C(C)NC=O. The van der Waals surface area contributed by atoms with Crippen LogP contribution in [0, 0.1) is 17.8 Å². The normalized spacial score (nSPS) is 13.4. The molecule has 0 radical (unpaired) electrons. The maximum atomic E-state index is 10.00. The van der Waals surface area contributed by atoms with Crippen molar-refractivity contribution < 1.29 is 4.79 Å². The zero-order valence-corrected chi connectivity index (χ0v) is 6.64. The third-order valence-electron chi connectivity index (χ3n) is 1.77. The van der Waals surface area contributed by atoms with E-state index in [0.29, 0.717) is 6.41 Å². The first kappa shape index (κ1) is 9.03. The molecular formula is C8H13NO. The van der Waals surface area contributed by atoms with Crippen molar-refractivity contribution in [3.05, 3.63) is 0 Å². The second-order valence-corrected chi connectivity index (χ2v) is 2.87. The van der Waals surface area contributed by atoms with Gasteiger partial charge in [-0.05, 0) is 20.8 Å². The molecule has 0 heterocycles. The summed E-state index contributed by atoms with van der Waals surface area (Å²) in [5.41, 5.74) is -0.263. The summed E-state index contributed by atoms with van der Waals surface area (Å²) in [7, 11) is 0. The van der Waals surface area contributed by atoms with Gasteiger partial charge < -0.3 is 5.32 Å². The molecule has 0 rings (SSSR count). The Kier molecular flexibility index (Phi) is 2.95. The van der Waals surface area contributed by atoms with Gasteiger partial charge in [-0.3, -0.25) is 4.79 Å². The van der Waals surface area contributed by atoms with Crippen molar-refractivity contribution in [3.63, 3.8) is 0 Å². The van der Waals surface area contributed by atoms with Crippen LogP contribution in [0.5, 0.6) is 0 Å². The van der Waals surface area contributed by atoms with Gasteiger partial charge in [-0.15, -0.1) is 6.42 Å². The summed E-state index contributed by atoms with van der Waals surface area (Å²) in [4.78, 5) is 10.00. The van der Waals surface area contributed by atoms with Crippen molar-refractivity contribution in [2.45, 2.75) is 26.8 Å². The topological polar surface area (TPSA) is 29.1 Å². The molecule has 0 aromatic rings. The highest BCUT2D eigenvalue weighted by Crippen LogP contribution is 2.17. The molecule has 0 aromatic heterocycles. The Labute approximate surface area is 62.0 Å². The van der Waals surface area contributed by atoms with Gasteiger partial charge in [-0.1, -0.05) is 5.92 Å². The third-order valence-corrected chi connectivity index (χ3v) is 1.77. The number of carbonyl (C=O) groups excluding carboxylic acids is 1. The number of nitrogens with one attached hydrogen (secondary N) is 1. The second kappa shape index (κ2) is 3.26. The molecule has 56 valence electrons. The first-order valence-corrected chi connectivity index (χ1v) is 3.22. The minimum absolute atomic E-state index is 0.0231. The maximum Gasteiger partial charge on any atom is 0.207 e. The Morgan fingerprint density at radius 3 is 2.50 bits per heavy atom. The van der Waals surface area contributed by atoms with E-state index in [2.05, 4.69) is 11.2 Å². The van der Waals surface area contributed by atoms with Crippen molar-refractivity contribution in [3.8, 4) is 12.3 Å². The van der Waals surface area contributed by atoms with Gasteiger partial charge in [-0.2, -0.15) is 0 Å². The second-order valence-electron chi connectivity index (χ2n) is 2.87. The fraction of sp³-hybridized carbons (Fsp3) is 0.625. The summed E-state index contributed by atoms with van der Waals surface area (Å²) in [5, 5.41) is 2.61. The first-order valence-electron chi connectivity index (χ1n) is 3.22. The van der Waals surface area contributed by atoms with Gasteiger partial charge in [0.25, 0.3) is 0 Å². The lowest BCUT2D eigenvalue weighted by Crippen LogP contribution is -2.37. The van der Waals surface area contributed by atoms with Gasteiger partial charge in [0.1, 0.15) is 0 Å². The Balaban J connectivity index is 4.06. The van der Waals surface area contributed by atoms with E-state index in [-0.39, 0.29) is 11.5 Å². The number of carbonyl (C=O) groups is 1. The Bertz CT molecular complexity index is 155. The van der Waals surface area contributed by atoms with Crippen LogP contribution in [0.2, 0.25) is 0 Å². The third kappa shape index (κ3) is 2.10. The molecule has 0 fully saturated rings. The van der Waals surface area contributed by atoms with Crippen LogP contribution in [-0.4, -0.2) is 12.5 Å². The molecule has 0 bridgehead atoms. The first-order chi connectivity index (χ1) is 4.54. The van der Waals surface area contributed by atoms with E-state index in [1.807, 2.05) is 20.8 Å². The lowest BCUT2D eigenvalue weighted by atomic mass is 9.87. The van der Waals surface area contributed by atoms with E-state index < -0.39 is 0 Å². The van der Waals surface area contributed by atoms with Gasteiger partial charge in [0.05, 0.1) is 0 Å². The maximum absolute atomic E-state index is 10.00. The smallest absolute Gasteiger partial charge is 0.207 e. The summed E-state index contributed by atoms with van der Waals surface area (Å²) >= 11 is 0. The summed E-state index contributed by atoms with van der Waals surface area (Å²) in [6.45, 7) is 5.70. The van der Waals surface area contributed by atoms with E-state index >= 15 is 0 Å². The molecule has 1 unspecified atom stereocenters. The molecule has 0 aliphatic rings. The van der Waals surface area contributed by atoms with Crippen molar-refractivity contribution in [1.29, 1.82) is 0 Å². The number of hydrogen-bond acceptors (Lipinski definition) is 1. The minimum Gasteiger partial charge on any atom is -0.355 e. The Morgan fingerprint density at radius 2 is 2.20 bits per heavy atom. The van der Waals surface area contributed by atoms with Gasteiger partial charge in [0.2, 0.25) is 6.41 Å². The fourth-order valence-electron chi connectivity index (χ4n) is 0.435. The quantitative estimate of drug-likeness (QED) is 0.454. The van der Waals surface area contributed by atoms with E-state index in [4.69, 9.17) is 6.42 Å². The average molecular weight is 139 g/mol. The van der Waals surface area contributed by atoms with Crippen molar-refractivity contribution in [1.82, 2.24) is 5.32 Å². The molecule has 0 saturated heterocycles. The molecule has 10 heavy (non-hydrogen) atoms. The van der Waals surface area contributed by atoms with Crippen molar-refractivity contribution in [2.24, 2.45) is 5.41 Å². The van der Waals surface area contributed by atoms with E-state index in [1.165, 1.54) is 0 Å². The average Bonchev–Trinajstić information content (AvgIpc) is 1.89. The van der Waals surface area contributed by atoms with Gasteiger partial charge in [0, 0.05) is 11.5 Å². The van der Waals surface area contributed by atoms with E-state index in [0.717, 1.165) is 0 Å².